The van der Waals surface area contributed by atoms with Crippen molar-refractivity contribution >= 4 is 0 Å². The second-order valence-electron chi connectivity index (χ2n) is 7.33. The van der Waals surface area contributed by atoms with Gasteiger partial charge in [-0.25, -0.2) is 0 Å². The molecule has 1 aliphatic heterocycles. The predicted molar refractivity (Wildman–Crippen MR) is 83.0 cm³/mol. The molecule has 2 unspecified atom stereocenters. The molecule has 2 fully saturated rings. The maximum absolute atomic E-state index is 6.07. The number of morpholine rings is 1. The Morgan fingerprint density at radius 1 is 1.15 bits per heavy atom. The Bertz CT molecular complexity index is 445. The number of rotatable bonds is 1. The monoisotopic (exact) mass is 273 g/mol. The average molecular weight is 273 g/mol. The van der Waals surface area contributed by atoms with Gasteiger partial charge >= 0.3 is 0 Å². The van der Waals surface area contributed by atoms with Gasteiger partial charge in [0.25, 0.3) is 0 Å². The molecule has 2 heteroatoms. The van der Waals surface area contributed by atoms with E-state index in [4.69, 9.17) is 4.74 Å². The number of ether oxygens (including phenoxy) is 1. The van der Waals surface area contributed by atoms with E-state index in [0.29, 0.717) is 6.10 Å². The fourth-order valence-electron chi connectivity index (χ4n) is 3.74. The van der Waals surface area contributed by atoms with Crippen LogP contribution in [-0.2, 0) is 15.7 Å². The van der Waals surface area contributed by atoms with Crippen molar-refractivity contribution in [1.29, 1.82) is 0 Å². The molecule has 1 heterocycles. The van der Waals surface area contributed by atoms with Crippen LogP contribution in [0.2, 0.25) is 0 Å². The summed E-state index contributed by atoms with van der Waals surface area (Å²) in [7, 11) is 0. The first-order valence-electron chi connectivity index (χ1n) is 8.00. The second-order valence-corrected chi connectivity index (χ2v) is 7.33. The molecule has 0 amide bonds. The summed E-state index contributed by atoms with van der Waals surface area (Å²) in [5, 5.41) is 3.78. The zero-order valence-electron chi connectivity index (χ0n) is 13.0. The van der Waals surface area contributed by atoms with E-state index in [1.54, 1.807) is 0 Å². The first-order chi connectivity index (χ1) is 9.52. The van der Waals surface area contributed by atoms with Crippen molar-refractivity contribution in [2.24, 2.45) is 0 Å². The van der Waals surface area contributed by atoms with Gasteiger partial charge in [0.1, 0.15) is 0 Å². The molecule has 2 atom stereocenters. The summed E-state index contributed by atoms with van der Waals surface area (Å²) in [4.78, 5) is 0. The van der Waals surface area contributed by atoms with E-state index >= 15 is 0 Å². The third kappa shape index (κ3) is 2.40. The van der Waals surface area contributed by atoms with Crippen LogP contribution in [0.4, 0.5) is 0 Å². The zero-order valence-corrected chi connectivity index (χ0v) is 13.0. The molecular weight excluding hydrogens is 246 g/mol. The fourth-order valence-corrected chi connectivity index (χ4v) is 3.74. The summed E-state index contributed by atoms with van der Waals surface area (Å²) in [6.07, 6.45) is 5.34. The van der Waals surface area contributed by atoms with Crippen molar-refractivity contribution in [2.75, 3.05) is 13.2 Å². The van der Waals surface area contributed by atoms with Crippen molar-refractivity contribution in [1.82, 2.24) is 5.32 Å². The SMILES string of the molecule is CC(C)(C)c1ccc(C23CCCCC2OCCN3)cc1. The van der Waals surface area contributed by atoms with Gasteiger partial charge in [0.15, 0.2) is 0 Å². The summed E-state index contributed by atoms with van der Waals surface area (Å²) in [5.41, 5.74) is 3.10. The molecule has 2 aliphatic rings. The minimum absolute atomic E-state index is 0.0624. The van der Waals surface area contributed by atoms with E-state index in [-0.39, 0.29) is 11.0 Å². The van der Waals surface area contributed by atoms with Crippen LogP contribution in [0.3, 0.4) is 0 Å². The number of fused-ring (bicyclic) bond motifs is 1. The molecule has 0 aromatic heterocycles. The number of benzene rings is 1. The molecular formula is C18H27NO. The van der Waals surface area contributed by atoms with Crippen molar-refractivity contribution in [3.05, 3.63) is 35.4 Å². The van der Waals surface area contributed by atoms with Crippen LogP contribution in [0.15, 0.2) is 24.3 Å². The van der Waals surface area contributed by atoms with Gasteiger partial charge in [-0.15, -0.1) is 0 Å². The number of hydrogen-bond donors (Lipinski definition) is 1. The summed E-state index contributed by atoms with van der Waals surface area (Å²) in [5.74, 6) is 0. The second kappa shape index (κ2) is 5.16. The first kappa shape index (κ1) is 14.1. The quantitative estimate of drug-likeness (QED) is 0.841. The molecule has 0 bridgehead atoms. The van der Waals surface area contributed by atoms with E-state index in [1.165, 1.54) is 36.8 Å². The van der Waals surface area contributed by atoms with Gasteiger partial charge in [-0.1, -0.05) is 57.9 Å². The van der Waals surface area contributed by atoms with Gasteiger partial charge in [-0.05, 0) is 29.4 Å². The van der Waals surface area contributed by atoms with Crippen LogP contribution in [0.5, 0.6) is 0 Å². The summed E-state index contributed by atoms with van der Waals surface area (Å²) >= 11 is 0. The molecule has 1 aromatic carbocycles. The predicted octanol–water partition coefficient (Wildman–Crippen LogP) is 3.74. The van der Waals surface area contributed by atoms with E-state index in [1.807, 2.05) is 0 Å². The van der Waals surface area contributed by atoms with Crippen LogP contribution >= 0.6 is 0 Å². The maximum Gasteiger partial charge on any atom is 0.0799 e. The van der Waals surface area contributed by atoms with E-state index < -0.39 is 0 Å². The summed E-state index contributed by atoms with van der Waals surface area (Å²) in [6, 6.07) is 9.24. The van der Waals surface area contributed by atoms with Crippen LogP contribution in [0.1, 0.15) is 57.6 Å². The van der Waals surface area contributed by atoms with Gasteiger partial charge in [0.05, 0.1) is 18.2 Å². The molecule has 110 valence electrons. The van der Waals surface area contributed by atoms with Gasteiger partial charge in [0, 0.05) is 6.54 Å². The Hall–Kier alpha value is -0.860. The topological polar surface area (TPSA) is 21.3 Å². The largest absolute Gasteiger partial charge is 0.375 e. The molecule has 0 spiro atoms. The van der Waals surface area contributed by atoms with Crippen molar-refractivity contribution in [3.8, 4) is 0 Å². The maximum atomic E-state index is 6.07. The molecule has 1 aliphatic carbocycles. The Morgan fingerprint density at radius 2 is 1.90 bits per heavy atom. The average Bonchev–Trinajstić information content (AvgIpc) is 2.46. The van der Waals surface area contributed by atoms with Gasteiger partial charge in [-0.2, -0.15) is 0 Å². The smallest absolute Gasteiger partial charge is 0.0799 e. The molecule has 1 saturated heterocycles. The number of hydrogen-bond acceptors (Lipinski definition) is 2. The lowest BCUT2D eigenvalue weighted by Gasteiger charge is -2.48. The van der Waals surface area contributed by atoms with E-state index in [9.17, 15) is 0 Å². The lowest BCUT2D eigenvalue weighted by Crippen LogP contribution is -2.59. The van der Waals surface area contributed by atoms with Gasteiger partial charge in [0.2, 0.25) is 0 Å². The third-order valence-corrected chi connectivity index (χ3v) is 4.96. The summed E-state index contributed by atoms with van der Waals surface area (Å²) < 4.78 is 6.07. The van der Waals surface area contributed by atoms with E-state index in [2.05, 4.69) is 50.4 Å². The third-order valence-electron chi connectivity index (χ3n) is 4.96. The highest BCUT2D eigenvalue weighted by Crippen LogP contribution is 2.41. The highest BCUT2D eigenvalue weighted by atomic mass is 16.5. The molecule has 1 N–H and O–H groups in total. The highest BCUT2D eigenvalue weighted by Gasteiger charge is 2.44. The summed E-state index contributed by atoms with van der Waals surface area (Å²) in [6.45, 7) is 8.63. The standard InChI is InChI=1S/C18H27NO/c1-17(2,3)14-7-9-15(10-8-14)18-11-5-4-6-16(18)20-13-12-19-18/h7-10,16,19H,4-6,11-13H2,1-3H3. The normalized spacial score (nSPS) is 30.9. The van der Waals surface area contributed by atoms with Crippen molar-refractivity contribution in [2.45, 2.75) is 63.5 Å². The Morgan fingerprint density at radius 3 is 2.60 bits per heavy atom. The van der Waals surface area contributed by atoms with Crippen LogP contribution in [0.25, 0.3) is 0 Å². The van der Waals surface area contributed by atoms with Gasteiger partial charge < -0.3 is 10.1 Å². The lowest BCUT2D eigenvalue weighted by molar-refractivity contribution is -0.0756. The van der Waals surface area contributed by atoms with Crippen molar-refractivity contribution < 1.29 is 4.74 Å². The molecule has 3 rings (SSSR count). The van der Waals surface area contributed by atoms with Crippen LogP contribution < -0.4 is 5.32 Å². The molecule has 1 aromatic rings. The Kier molecular flexibility index (Phi) is 3.64. The van der Waals surface area contributed by atoms with Gasteiger partial charge in [-0.3, -0.25) is 0 Å². The fraction of sp³-hybridized carbons (Fsp3) is 0.667. The Balaban J connectivity index is 1.93. The number of nitrogens with one attached hydrogen (secondary N) is 1. The lowest BCUT2D eigenvalue weighted by atomic mass is 9.73. The minimum atomic E-state index is 0.0624. The molecule has 0 radical (unpaired) electrons. The van der Waals surface area contributed by atoms with E-state index in [0.717, 1.165) is 13.2 Å². The Labute approximate surface area is 122 Å². The minimum Gasteiger partial charge on any atom is -0.375 e. The first-order valence-corrected chi connectivity index (χ1v) is 8.00. The molecule has 20 heavy (non-hydrogen) atoms. The molecule has 1 saturated carbocycles. The zero-order chi connectivity index (χ0) is 14.2. The molecule has 2 nitrogen and oxygen atoms in total. The highest BCUT2D eigenvalue weighted by molar-refractivity contribution is 5.33. The van der Waals surface area contributed by atoms with Crippen LogP contribution in [0, 0.1) is 0 Å². The van der Waals surface area contributed by atoms with Crippen molar-refractivity contribution in [3.63, 3.8) is 0 Å². The van der Waals surface area contributed by atoms with Crippen LogP contribution in [-0.4, -0.2) is 19.3 Å².